The van der Waals surface area contributed by atoms with Crippen LogP contribution in [0.25, 0.3) is 0 Å². The summed E-state index contributed by atoms with van der Waals surface area (Å²) in [6, 6.07) is 1.65. The van der Waals surface area contributed by atoms with Crippen molar-refractivity contribution in [2.45, 2.75) is 39.2 Å². The zero-order chi connectivity index (χ0) is 12.9. The molecule has 0 saturated heterocycles. The van der Waals surface area contributed by atoms with E-state index in [9.17, 15) is 0 Å². The number of hydrogen-bond acceptors (Lipinski definition) is 5. The molecule has 1 aromatic heterocycles. The molecule has 0 atom stereocenters. The van der Waals surface area contributed by atoms with Crippen LogP contribution in [0.2, 0.25) is 0 Å². The molecule has 0 aliphatic carbocycles. The minimum absolute atomic E-state index is 0.0495. The van der Waals surface area contributed by atoms with Crippen molar-refractivity contribution < 1.29 is 9.47 Å². The van der Waals surface area contributed by atoms with E-state index in [-0.39, 0.29) is 5.54 Å². The second-order valence-corrected chi connectivity index (χ2v) is 4.54. The normalized spacial score (nSPS) is 11.1. The molecule has 0 aliphatic rings. The maximum atomic E-state index is 5.10. The van der Waals surface area contributed by atoms with Gasteiger partial charge in [0, 0.05) is 5.54 Å². The highest BCUT2D eigenvalue weighted by atomic mass is 16.5. The summed E-state index contributed by atoms with van der Waals surface area (Å²) >= 11 is 0. The van der Waals surface area contributed by atoms with Gasteiger partial charge in [0.05, 0.1) is 20.3 Å². The number of methoxy groups -OCH3 is 2. The van der Waals surface area contributed by atoms with Crippen LogP contribution in [0.1, 0.15) is 33.6 Å². The van der Waals surface area contributed by atoms with Crippen LogP contribution in [0.15, 0.2) is 6.07 Å². The van der Waals surface area contributed by atoms with Gasteiger partial charge in [0.2, 0.25) is 17.7 Å². The highest BCUT2D eigenvalue weighted by Crippen LogP contribution is 2.21. The van der Waals surface area contributed by atoms with Crippen molar-refractivity contribution in [3.8, 4) is 11.8 Å². The Bertz CT molecular complexity index is 345. The van der Waals surface area contributed by atoms with E-state index >= 15 is 0 Å². The topological polar surface area (TPSA) is 56.3 Å². The SMILES string of the molecule is CCCC(C)(C)Nc1nc(OC)cc(OC)n1. The van der Waals surface area contributed by atoms with E-state index in [1.165, 1.54) is 0 Å². The molecule has 1 N–H and O–H groups in total. The van der Waals surface area contributed by atoms with E-state index in [1.807, 2.05) is 0 Å². The third kappa shape index (κ3) is 4.09. The van der Waals surface area contributed by atoms with E-state index in [0.717, 1.165) is 12.8 Å². The average Bonchev–Trinajstić information content (AvgIpc) is 2.27. The van der Waals surface area contributed by atoms with Crippen molar-refractivity contribution in [3.05, 3.63) is 6.07 Å². The predicted octanol–water partition coefficient (Wildman–Crippen LogP) is 2.48. The standard InChI is InChI=1S/C12H21N3O2/c1-6-7-12(2,3)15-11-13-9(16-4)8-10(14-11)17-5/h8H,6-7H2,1-5H3,(H,13,14,15). The molecule has 0 aliphatic heterocycles. The third-order valence-corrected chi connectivity index (χ3v) is 2.42. The molecule has 0 spiro atoms. The van der Waals surface area contributed by atoms with Gasteiger partial charge in [0.25, 0.3) is 0 Å². The number of hydrogen-bond donors (Lipinski definition) is 1. The number of nitrogens with one attached hydrogen (secondary N) is 1. The Morgan fingerprint density at radius 1 is 1.18 bits per heavy atom. The van der Waals surface area contributed by atoms with Gasteiger partial charge in [0.1, 0.15) is 0 Å². The van der Waals surface area contributed by atoms with Gasteiger partial charge >= 0.3 is 0 Å². The summed E-state index contributed by atoms with van der Waals surface area (Å²) in [5, 5.41) is 3.29. The van der Waals surface area contributed by atoms with Crippen molar-refractivity contribution >= 4 is 5.95 Å². The van der Waals surface area contributed by atoms with Gasteiger partial charge in [-0.05, 0) is 20.3 Å². The number of anilines is 1. The minimum atomic E-state index is -0.0495. The van der Waals surface area contributed by atoms with Crippen molar-refractivity contribution in [1.82, 2.24) is 9.97 Å². The Morgan fingerprint density at radius 2 is 1.71 bits per heavy atom. The largest absolute Gasteiger partial charge is 0.481 e. The van der Waals surface area contributed by atoms with E-state index < -0.39 is 0 Å². The van der Waals surface area contributed by atoms with Gasteiger partial charge in [-0.2, -0.15) is 9.97 Å². The Kier molecular flexibility index (Phi) is 4.54. The van der Waals surface area contributed by atoms with E-state index in [2.05, 4.69) is 36.1 Å². The van der Waals surface area contributed by atoms with Crippen LogP contribution in [0.4, 0.5) is 5.95 Å². The lowest BCUT2D eigenvalue weighted by Crippen LogP contribution is -2.31. The van der Waals surface area contributed by atoms with Gasteiger partial charge in [-0.15, -0.1) is 0 Å². The van der Waals surface area contributed by atoms with E-state index in [0.29, 0.717) is 17.7 Å². The minimum Gasteiger partial charge on any atom is -0.481 e. The summed E-state index contributed by atoms with van der Waals surface area (Å²) in [6.45, 7) is 6.38. The second-order valence-electron chi connectivity index (χ2n) is 4.54. The molecular formula is C12H21N3O2. The summed E-state index contributed by atoms with van der Waals surface area (Å²) in [7, 11) is 3.14. The number of nitrogens with zero attached hydrogens (tertiary/aromatic N) is 2. The number of rotatable bonds is 6. The van der Waals surface area contributed by atoms with Crippen molar-refractivity contribution in [3.63, 3.8) is 0 Å². The fourth-order valence-corrected chi connectivity index (χ4v) is 1.66. The molecule has 0 unspecified atom stereocenters. The Balaban J connectivity index is 2.89. The summed E-state index contributed by atoms with van der Waals surface area (Å²) in [5.74, 6) is 1.51. The quantitative estimate of drug-likeness (QED) is 0.826. The van der Waals surface area contributed by atoms with Gasteiger partial charge in [-0.1, -0.05) is 13.3 Å². The zero-order valence-corrected chi connectivity index (χ0v) is 11.2. The molecule has 5 nitrogen and oxygen atoms in total. The summed E-state index contributed by atoms with van der Waals surface area (Å²) in [5.41, 5.74) is -0.0495. The van der Waals surface area contributed by atoms with Crippen LogP contribution in [-0.2, 0) is 0 Å². The third-order valence-electron chi connectivity index (χ3n) is 2.42. The van der Waals surface area contributed by atoms with E-state index in [1.54, 1.807) is 20.3 Å². The van der Waals surface area contributed by atoms with Gasteiger partial charge in [0.15, 0.2) is 0 Å². The van der Waals surface area contributed by atoms with Crippen LogP contribution in [0.5, 0.6) is 11.8 Å². The van der Waals surface area contributed by atoms with Crippen LogP contribution < -0.4 is 14.8 Å². The van der Waals surface area contributed by atoms with Crippen LogP contribution >= 0.6 is 0 Å². The monoisotopic (exact) mass is 239 g/mol. The summed E-state index contributed by atoms with van der Waals surface area (Å²) in [4.78, 5) is 8.49. The molecule has 0 saturated carbocycles. The zero-order valence-electron chi connectivity index (χ0n) is 11.2. The van der Waals surface area contributed by atoms with Gasteiger partial charge in [-0.25, -0.2) is 0 Å². The lowest BCUT2D eigenvalue weighted by atomic mass is 9.99. The van der Waals surface area contributed by atoms with Crippen LogP contribution in [0, 0.1) is 0 Å². The first-order chi connectivity index (χ1) is 8.00. The summed E-state index contributed by atoms with van der Waals surface area (Å²) < 4.78 is 10.2. The molecule has 96 valence electrons. The van der Waals surface area contributed by atoms with E-state index in [4.69, 9.17) is 9.47 Å². The molecule has 0 fully saturated rings. The highest BCUT2D eigenvalue weighted by molar-refractivity contribution is 5.35. The molecule has 0 bridgehead atoms. The smallest absolute Gasteiger partial charge is 0.229 e. The first-order valence-electron chi connectivity index (χ1n) is 5.76. The first-order valence-corrected chi connectivity index (χ1v) is 5.76. The molecular weight excluding hydrogens is 218 g/mol. The summed E-state index contributed by atoms with van der Waals surface area (Å²) in [6.07, 6.45) is 2.14. The lowest BCUT2D eigenvalue weighted by molar-refractivity contribution is 0.371. The molecule has 1 heterocycles. The van der Waals surface area contributed by atoms with Crippen molar-refractivity contribution in [2.24, 2.45) is 0 Å². The Morgan fingerprint density at radius 3 is 2.12 bits per heavy atom. The van der Waals surface area contributed by atoms with Crippen LogP contribution in [-0.4, -0.2) is 29.7 Å². The number of aromatic nitrogens is 2. The highest BCUT2D eigenvalue weighted by Gasteiger charge is 2.18. The molecule has 0 radical (unpaired) electrons. The first kappa shape index (κ1) is 13.5. The van der Waals surface area contributed by atoms with Crippen molar-refractivity contribution in [1.29, 1.82) is 0 Å². The fourth-order valence-electron chi connectivity index (χ4n) is 1.66. The molecule has 0 amide bonds. The molecule has 1 rings (SSSR count). The molecule has 1 aromatic rings. The van der Waals surface area contributed by atoms with Crippen LogP contribution in [0.3, 0.4) is 0 Å². The molecule has 5 heteroatoms. The average molecular weight is 239 g/mol. The molecule has 0 aromatic carbocycles. The predicted molar refractivity (Wildman–Crippen MR) is 67.7 cm³/mol. The second kappa shape index (κ2) is 5.70. The van der Waals surface area contributed by atoms with Crippen molar-refractivity contribution in [2.75, 3.05) is 19.5 Å². The Hall–Kier alpha value is -1.52. The maximum absolute atomic E-state index is 5.10. The maximum Gasteiger partial charge on any atom is 0.229 e. The molecule has 17 heavy (non-hydrogen) atoms. The van der Waals surface area contributed by atoms with Gasteiger partial charge in [-0.3, -0.25) is 0 Å². The fraction of sp³-hybridized carbons (Fsp3) is 0.667. The Labute approximate surface area is 103 Å². The lowest BCUT2D eigenvalue weighted by Gasteiger charge is -2.25. The number of ether oxygens (including phenoxy) is 2. The van der Waals surface area contributed by atoms with Gasteiger partial charge < -0.3 is 14.8 Å².